The van der Waals surface area contributed by atoms with Gasteiger partial charge in [0.25, 0.3) is 0 Å². The number of rotatable bonds is 2. The Balaban J connectivity index is 2.44. The molecule has 0 aromatic rings. The van der Waals surface area contributed by atoms with Crippen molar-refractivity contribution in [3.05, 3.63) is 0 Å². The van der Waals surface area contributed by atoms with Gasteiger partial charge in [-0.1, -0.05) is 6.92 Å². The highest BCUT2D eigenvalue weighted by Gasteiger charge is 2.34. The van der Waals surface area contributed by atoms with Crippen LogP contribution in [0, 0.1) is 0 Å². The van der Waals surface area contributed by atoms with E-state index in [1.54, 1.807) is 0 Å². The Morgan fingerprint density at radius 2 is 2.00 bits per heavy atom. The third-order valence-electron chi connectivity index (χ3n) is 3.02. The largest absolute Gasteiger partial charge is 0.388 e. The fraction of sp³-hybridized carbons (Fsp3) is 1.00. The van der Waals surface area contributed by atoms with Gasteiger partial charge in [0, 0.05) is 19.1 Å². The van der Waals surface area contributed by atoms with Crippen molar-refractivity contribution in [2.75, 3.05) is 19.6 Å². The summed E-state index contributed by atoms with van der Waals surface area (Å²) in [7, 11) is 0. The van der Waals surface area contributed by atoms with Crippen LogP contribution in [0.4, 0.5) is 0 Å². The Hall–Kier alpha value is -0.120. The van der Waals surface area contributed by atoms with Crippen LogP contribution in [0.2, 0.25) is 0 Å². The molecule has 3 N–H and O–H groups in total. The lowest BCUT2D eigenvalue weighted by Gasteiger charge is -2.40. The zero-order valence-electron chi connectivity index (χ0n) is 8.08. The summed E-state index contributed by atoms with van der Waals surface area (Å²) in [5, 5.41) is 10.0. The quantitative estimate of drug-likeness (QED) is 0.625. The molecule has 0 amide bonds. The van der Waals surface area contributed by atoms with E-state index in [9.17, 15) is 5.11 Å². The summed E-state index contributed by atoms with van der Waals surface area (Å²) in [6.07, 6.45) is 1.64. The molecule has 3 nitrogen and oxygen atoms in total. The Labute approximate surface area is 74.5 Å². The maximum Gasteiger partial charge on any atom is 0.0819 e. The van der Waals surface area contributed by atoms with Crippen molar-refractivity contribution in [3.63, 3.8) is 0 Å². The van der Waals surface area contributed by atoms with Gasteiger partial charge < -0.3 is 15.7 Å². The summed E-state index contributed by atoms with van der Waals surface area (Å²) < 4.78 is 0. The Kier molecular flexibility index (Phi) is 3.09. The van der Waals surface area contributed by atoms with E-state index in [1.165, 1.54) is 0 Å². The van der Waals surface area contributed by atoms with Gasteiger partial charge in [-0.2, -0.15) is 0 Å². The summed E-state index contributed by atoms with van der Waals surface area (Å²) in [5.41, 5.74) is 5.11. The zero-order chi connectivity index (χ0) is 9.19. The van der Waals surface area contributed by atoms with E-state index < -0.39 is 5.60 Å². The highest BCUT2D eigenvalue weighted by atomic mass is 16.3. The van der Waals surface area contributed by atoms with E-state index >= 15 is 0 Å². The minimum atomic E-state index is -0.605. The lowest BCUT2D eigenvalue weighted by Crippen LogP contribution is -2.53. The lowest BCUT2D eigenvalue weighted by atomic mass is 9.85. The number of hydrogen-bond acceptors (Lipinski definition) is 3. The van der Waals surface area contributed by atoms with Gasteiger partial charge in [0.2, 0.25) is 0 Å². The van der Waals surface area contributed by atoms with E-state index in [-0.39, 0.29) is 6.04 Å². The van der Waals surface area contributed by atoms with Crippen LogP contribution in [0.15, 0.2) is 0 Å². The molecule has 72 valence electrons. The molecular weight excluding hydrogens is 152 g/mol. The minimum absolute atomic E-state index is 0.100. The Morgan fingerprint density at radius 3 is 2.33 bits per heavy atom. The van der Waals surface area contributed by atoms with Crippen LogP contribution < -0.4 is 5.73 Å². The van der Waals surface area contributed by atoms with Crippen LogP contribution in [-0.2, 0) is 0 Å². The summed E-state index contributed by atoms with van der Waals surface area (Å²) in [5.74, 6) is 0. The monoisotopic (exact) mass is 172 g/mol. The lowest BCUT2D eigenvalue weighted by molar-refractivity contribution is -0.0355. The van der Waals surface area contributed by atoms with Crippen molar-refractivity contribution in [1.29, 1.82) is 0 Å². The molecule has 1 heterocycles. The Bertz CT molecular complexity index is 139. The topological polar surface area (TPSA) is 49.5 Å². The first-order valence-electron chi connectivity index (χ1n) is 4.79. The van der Waals surface area contributed by atoms with Crippen molar-refractivity contribution in [2.24, 2.45) is 5.73 Å². The second-order valence-electron chi connectivity index (χ2n) is 3.83. The van der Waals surface area contributed by atoms with E-state index in [4.69, 9.17) is 5.73 Å². The first kappa shape index (κ1) is 9.96. The van der Waals surface area contributed by atoms with Gasteiger partial charge in [-0.3, -0.25) is 0 Å². The first-order valence-corrected chi connectivity index (χ1v) is 4.79. The maximum atomic E-state index is 10.0. The second-order valence-corrected chi connectivity index (χ2v) is 3.83. The molecule has 0 bridgehead atoms. The molecule has 0 aromatic heterocycles. The van der Waals surface area contributed by atoms with Gasteiger partial charge >= 0.3 is 0 Å². The number of nitrogens with two attached hydrogens (primary N) is 1. The third-order valence-corrected chi connectivity index (χ3v) is 3.02. The van der Waals surface area contributed by atoms with Gasteiger partial charge in [-0.25, -0.2) is 0 Å². The highest BCUT2D eigenvalue weighted by molar-refractivity contribution is 4.91. The van der Waals surface area contributed by atoms with E-state index in [2.05, 4.69) is 11.8 Å². The predicted molar refractivity (Wildman–Crippen MR) is 49.9 cm³/mol. The number of nitrogens with zero attached hydrogens (tertiary/aromatic N) is 1. The van der Waals surface area contributed by atoms with Crippen molar-refractivity contribution in [2.45, 2.75) is 38.3 Å². The molecule has 1 saturated heterocycles. The fourth-order valence-corrected chi connectivity index (χ4v) is 1.71. The van der Waals surface area contributed by atoms with Gasteiger partial charge in [0.1, 0.15) is 0 Å². The van der Waals surface area contributed by atoms with Crippen LogP contribution in [-0.4, -0.2) is 41.3 Å². The smallest absolute Gasteiger partial charge is 0.0819 e. The molecule has 1 aliphatic rings. The molecule has 1 unspecified atom stereocenters. The molecule has 3 heteroatoms. The number of hydrogen-bond donors (Lipinski definition) is 2. The highest BCUT2D eigenvalue weighted by Crippen LogP contribution is 2.24. The molecule has 1 atom stereocenters. The van der Waals surface area contributed by atoms with Crippen molar-refractivity contribution in [1.82, 2.24) is 4.90 Å². The molecule has 0 spiro atoms. The predicted octanol–water partition coefficient (Wildman–Crippen LogP) is 0.180. The van der Waals surface area contributed by atoms with Crippen LogP contribution in [0.25, 0.3) is 0 Å². The van der Waals surface area contributed by atoms with Gasteiger partial charge in [0.15, 0.2) is 0 Å². The third kappa shape index (κ3) is 1.97. The van der Waals surface area contributed by atoms with Gasteiger partial charge in [0.05, 0.1) is 5.60 Å². The standard InChI is InChI=1S/C9H20N2O/c1-3-11-6-4-9(12,5-7-11)8(2)10/h8,12H,3-7,10H2,1-2H3. The van der Waals surface area contributed by atoms with Crippen LogP contribution >= 0.6 is 0 Å². The van der Waals surface area contributed by atoms with Crippen molar-refractivity contribution in [3.8, 4) is 0 Å². The number of aliphatic hydroxyl groups is 1. The van der Waals surface area contributed by atoms with Crippen LogP contribution in [0.5, 0.6) is 0 Å². The van der Waals surface area contributed by atoms with Gasteiger partial charge in [-0.15, -0.1) is 0 Å². The molecule has 1 aliphatic heterocycles. The fourth-order valence-electron chi connectivity index (χ4n) is 1.71. The van der Waals surface area contributed by atoms with E-state index in [0.717, 1.165) is 32.5 Å². The second kappa shape index (κ2) is 3.73. The van der Waals surface area contributed by atoms with E-state index in [0.29, 0.717) is 0 Å². The molecule has 1 fully saturated rings. The van der Waals surface area contributed by atoms with Crippen LogP contribution in [0.1, 0.15) is 26.7 Å². The average Bonchev–Trinajstić information content (AvgIpc) is 2.06. The van der Waals surface area contributed by atoms with Crippen molar-refractivity contribution < 1.29 is 5.11 Å². The number of piperidine rings is 1. The molecule has 0 radical (unpaired) electrons. The summed E-state index contributed by atoms with van der Waals surface area (Å²) in [6.45, 7) is 7.08. The number of likely N-dealkylation sites (tertiary alicyclic amines) is 1. The molecular formula is C9H20N2O. The van der Waals surface area contributed by atoms with Crippen molar-refractivity contribution >= 4 is 0 Å². The molecule has 0 saturated carbocycles. The zero-order valence-corrected chi connectivity index (χ0v) is 8.08. The summed E-state index contributed by atoms with van der Waals surface area (Å²) in [6, 6.07) is -0.100. The van der Waals surface area contributed by atoms with Gasteiger partial charge in [-0.05, 0) is 26.3 Å². The van der Waals surface area contributed by atoms with Crippen LogP contribution in [0.3, 0.4) is 0 Å². The average molecular weight is 172 g/mol. The Morgan fingerprint density at radius 1 is 1.50 bits per heavy atom. The normalized spacial score (nSPS) is 27.0. The maximum absolute atomic E-state index is 10.0. The SMILES string of the molecule is CCN1CCC(O)(C(C)N)CC1. The van der Waals surface area contributed by atoms with E-state index in [1.807, 2.05) is 6.92 Å². The summed E-state index contributed by atoms with van der Waals surface area (Å²) >= 11 is 0. The first-order chi connectivity index (χ1) is 5.58. The molecule has 12 heavy (non-hydrogen) atoms. The molecule has 0 aliphatic carbocycles. The molecule has 1 rings (SSSR count). The molecule has 0 aromatic carbocycles. The summed E-state index contributed by atoms with van der Waals surface area (Å²) in [4.78, 5) is 2.34. The minimum Gasteiger partial charge on any atom is -0.388 e.